The number of nitrogens with zero attached hydrogens (tertiary/aromatic N) is 1. The van der Waals surface area contributed by atoms with Gasteiger partial charge in [0.15, 0.2) is 0 Å². The van der Waals surface area contributed by atoms with Crippen LogP contribution in [0.25, 0.3) is 0 Å². The lowest BCUT2D eigenvalue weighted by Gasteiger charge is -2.36. The Hall–Kier alpha value is -1.71. The predicted molar refractivity (Wildman–Crippen MR) is 86.6 cm³/mol. The quantitative estimate of drug-likeness (QED) is 0.681. The molecule has 0 radical (unpaired) electrons. The Morgan fingerprint density at radius 1 is 1.43 bits per heavy atom. The minimum Gasteiger partial charge on any atom is -0.462 e. The Balaban J connectivity index is 2.30. The summed E-state index contributed by atoms with van der Waals surface area (Å²) in [5.74, 6) is 0.428. The number of benzene rings is 1. The molecule has 4 nitrogen and oxygen atoms in total. The van der Waals surface area contributed by atoms with Crippen molar-refractivity contribution in [1.29, 1.82) is 0 Å². The maximum Gasteiger partial charge on any atom is 0.340 e. The monoisotopic (exact) mass is 290 g/mol. The molecule has 4 heteroatoms. The first-order valence-electron chi connectivity index (χ1n) is 7.83. The third-order valence-corrected chi connectivity index (χ3v) is 4.37. The standard InChI is InChI=1S/C17H26N2O2/c1-4-21-17(20)14-9-6-10-15(18)16(14)19(3)13-8-5-7-12(2)11-13/h6,9-10,12-13H,4-5,7-8,11,18H2,1-3H3. The Kier molecular flexibility index (Phi) is 5.10. The third kappa shape index (κ3) is 3.49. The summed E-state index contributed by atoms with van der Waals surface area (Å²) in [6.45, 7) is 4.48. The summed E-state index contributed by atoms with van der Waals surface area (Å²) in [5, 5.41) is 0. The lowest BCUT2D eigenvalue weighted by atomic mass is 9.86. The highest BCUT2D eigenvalue weighted by Crippen LogP contribution is 2.34. The van der Waals surface area contributed by atoms with Crippen LogP contribution in [0.5, 0.6) is 0 Å². The fourth-order valence-corrected chi connectivity index (χ4v) is 3.27. The van der Waals surface area contributed by atoms with E-state index in [4.69, 9.17) is 10.5 Å². The Labute approximate surface area is 127 Å². The summed E-state index contributed by atoms with van der Waals surface area (Å²) in [5.41, 5.74) is 8.17. The second kappa shape index (κ2) is 6.83. The van der Waals surface area contributed by atoms with Crippen LogP contribution in [0.15, 0.2) is 18.2 Å². The zero-order chi connectivity index (χ0) is 15.4. The van der Waals surface area contributed by atoms with E-state index in [2.05, 4.69) is 11.8 Å². The number of esters is 1. The van der Waals surface area contributed by atoms with Crippen molar-refractivity contribution in [1.82, 2.24) is 0 Å². The molecule has 0 spiro atoms. The van der Waals surface area contributed by atoms with Gasteiger partial charge < -0.3 is 15.4 Å². The molecule has 1 saturated carbocycles. The molecular weight excluding hydrogens is 264 g/mol. The van der Waals surface area contributed by atoms with Gasteiger partial charge in [-0.1, -0.05) is 25.8 Å². The number of anilines is 2. The minimum absolute atomic E-state index is 0.296. The summed E-state index contributed by atoms with van der Waals surface area (Å²) in [7, 11) is 2.04. The predicted octanol–water partition coefficient (Wildman–Crippen LogP) is 3.46. The average molecular weight is 290 g/mol. The van der Waals surface area contributed by atoms with Gasteiger partial charge in [-0.25, -0.2) is 4.79 Å². The molecule has 1 aromatic carbocycles. The van der Waals surface area contributed by atoms with E-state index in [1.165, 1.54) is 12.8 Å². The van der Waals surface area contributed by atoms with Gasteiger partial charge in [-0.15, -0.1) is 0 Å². The highest BCUT2D eigenvalue weighted by Gasteiger charge is 2.26. The summed E-state index contributed by atoms with van der Waals surface area (Å²) >= 11 is 0. The number of hydrogen-bond donors (Lipinski definition) is 1. The first kappa shape index (κ1) is 15.7. The van der Waals surface area contributed by atoms with Crippen molar-refractivity contribution in [3.63, 3.8) is 0 Å². The largest absolute Gasteiger partial charge is 0.462 e. The van der Waals surface area contributed by atoms with E-state index in [-0.39, 0.29) is 5.97 Å². The highest BCUT2D eigenvalue weighted by molar-refractivity contribution is 5.99. The average Bonchev–Trinajstić information content (AvgIpc) is 2.46. The van der Waals surface area contributed by atoms with Crippen molar-refractivity contribution in [2.75, 3.05) is 24.3 Å². The van der Waals surface area contributed by atoms with Gasteiger partial charge >= 0.3 is 5.97 Å². The molecule has 0 saturated heterocycles. The first-order valence-corrected chi connectivity index (χ1v) is 7.83. The van der Waals surface area contributed by atoms with Crippen molar-refractivity contribution in [2.45, 2.75) is 45.6 Å². The van der Waals surface area contributed by atoms with Crippen molar-refractivity contribution >= 4 is 17.3 Å². The van der Waals surface area contributed by atoms with E-state index in [0.717, 1.165) is 24.4 Å². The van der Waals surface area contributed by atoms with Crippen LogP contribution in [0.4, 0.5) is 11.4 Å². The second-order valence-corrected chi connectivity index (χ2v) is 6.00. The van der Waals surface area contributed by atoms with Crippen molar-refractivity contribution in [2.24, 2.45) is 5.92 Å². The molecule has 0 heterocycles. The molecule has 0 amide bonds. The number of para-hydroxylation sites is 1. The van der Waals surface area contributed by atoms with Gasteiger partial charge in [0.1, 0.15) is 0 Å². The molecule has 21 heavy (non-hydrogen) atoms. The molecule has 1 aliphatic rings. The third-order valence-electron chi connectivity index (χ3n) is 4.37. The van der Waals surface area contributed by atoms with Crippen molar-refractivity contribution < 1.29 is 9.53 Å². The fourth-order valence-electron chi connectivity index (χ4n) is 3.27. The van der Waals surface area contributed by atoms with E-state index in [1.54, 1.807) is 6.07 Å². The zero-order valence-corrected chi connectivity index (χ0v) is 13.3. The minimum atomic E-state index is -0.296. The molecule has 1 aliphatic carbocycles. The maximum absolute atomic E-state index is 12.2. The second-order valence-electron chi connectivity index (χ2n) is 6.00. The zero-order valence-electron chi connectivity index (χ0n) is 13.3. The Morgan fingerprint density at radius 2 is 2.19 bits per heavy atom. The van der Waals surface area contributed by atoms with Gasteiger partial charge in [0.25, 0.3) is 0 Å². The lowest BCUT2D eigenvalue weighted by molar-refractivity contribution is 0.0527. The number of hydrogen-bond acceptors (Lipinski definition) is 4. The molecule has 0 bridgehead atoms. The summed E-state index contributed by atoms with van der Waals surface area (Å²) in [6.07, 6.45) is 4.82. The summed E-state index contributed by atoms with van der Waals surface area (Å²) < 4.78 is 5.16. The molecule has 2 N–H and O–H groups in total. The van der Waals surface area contributed by atoms with E-state index in [1.807, 2.05) is 26.1 Å². The van der Waals surface area contributed by atoms with E-state index in [0.29, 0.717) is 23.9 Å². The van der Waals surface area contributed by atoms with Gasteiger partial charge in [0.2, 0.25) is 0 Å². The Bertz CT molecular complexity index is 502. The molecule has 116 valence electrons. The van der Waals surface area contributed by atoms with Gasteiger partial charge in [0.05, 0.1) is 23.5 Å². The van der Waals surface area contributed by atoms with Crippen LogP contribution in [-0.4, -0.2) is 25.7 Å². The number of carbonyl (C=O) groups is 1. The SMILES string of the molecule is CCOC(=O)c1cccc(N)c1N(C)C1CCCC(C)C1. The van der Waals surface area contributed by atoms with Crippen molar-refractivity contribution in [3.8, 4) is 0 Å². The molecular formula is C17H26N2O2. The van der Waals surface area contributed by atoms with Gasteiger partial charge in [-0.2, -0.15) is 0 Å². The van der Waals surface area contributed by atoms with E-state index in [9.17, 15) is 4.79 Å². The van der Waals surface area contributed by atoms with Crippen LogP contribution in [0, 0.1) is 5.92 Å². The summed E-state index contributed by atoms with van der Waals surface area (Å²) in [6, 6.07) is 5.89. The number of ether oxygens (including phenoxy) is 1. The van der Waals surface area contributed by atoms with Gasteiger partial charge in [0, 0.05) is 13.1 Å². The van der Waals surface area contributed by atoms with Crippen LogP contribution in [-0.2, 0) is 4.74 Å². The number of carbonyl (C=O) groups excluding carboxylic acids is 1. The maximum atomic E-state index is 12.2. The van der Waals surface area contributed by atoms with Crippen LogP contribution >= 0.6 is 0 Å². The topological polar surface area (TPSA) is 55.6 Å². The molecule has 1 aromatic rings. The fraction of sp³-hybridized carbons (Fsp3) is 0.588. The number of rotatable bonds is 4. The van der Waals surface area contributed by atoms with Crippen LogP contribution in [0.2, 0.25) is 0 Å². The molecule has 2 atom stereocenters. The normalized spacial score (nSPS) is 21.9. The van der Waals surface area contributed by atoms with Crippen LogP contribution in [0.3, 0.4) is 0 Å². The molecule has 0 aliphatic heterocycles. The van der Waals surface area contributed by atoms with Crippen LogP contribution < -0.4 is 10.6 Å². The number of nitrogen functional groups attached to an aromatic ring is 1. The molecule has 1 fully saturated rings. The van der Waals surface area contributed by atoms with E-state index < -0.39 is 0 Å². The number of nitrogens with two attached hydrogens (primary N) is 1. The van der Waals surface area contributed by atoms with E-state index >= 15 is 0 Å². The first-order chi connectivity index (χ1) is 10.0. The molecule has 2 rings (SSSR count). The van der Waals surface area contributed by atoms with Gasteiger partial charge in [-0.05, 0) is 37.8 Å². The van der Waals surface area contributed by atoms with Crippen LogP contribution in [0.1, 0.15) is 49.9 Å². The molecule has 2 unspecified atom stereocenters. The van der Waals surface area contributed by atoms with Crippen molar-refractivity contribution in [3.05, 3.63) is 23.8 Å². The summed E-state index contributed by atoms with van der Waals surface area (Å²) in [4.78, 5) is 14.3. The van der Waals surface area contributed by atoms with Gasteiger partial charge in [-0.3, -0.25) is 0 Å². The highest BCUT2D eigenvalue weighted by atomic mass is 16.5. The lowest BCUT2D eigenvalue weighted by Crippen LogP contribution is -2.37. The molecule has 0 aromatic heterocycles. The smallest absolute Gasteiger partial charge is 0.340 e. The Morgan fingerprint density at radius 3 is 2.86 bits per heavy atom.